The van der Waals surface area contributed by atoms with Gasteiger partial charge in [-0.15, -0.1) is 23.4 Å². The molecule has 12 atom stereocenters. The lowest BCUT2D eigenvalue weighted by Gasteiger charge is -2.43. The van der Waals surface area contributed by atoms with Crippen LogP contribution in [0.4, 0.5) is 0 Å². The van der Waals surface area contributed by atoms with Gasteiger partial charge >= 0.3 is 0 Å². The van der Waals surface area contributed by atoms with Crippen molar-refractivity contribution in [2.24, 2.45) is 41.2 Å². The highest BCUT2D eigenvalue weighted by atomic mass is 35.5. The normalized spacial score (nSPS) is 40.7. The number of Topliss-reactive ketones (excluding diaryl/α,β-unsaturated/α-hetero) is 1. The maximum Gasteiger partial charge on any atom is 0.161 e. The van der Waals surface area contributed by atoms with Crippen molar-refractivity contribution in [3.63, 3.8) is 0 Å². The topological polar surface area (TPSA) is 131 Å². The number of hydrogen-bond donors (Lipinski definition) is 4. The Labute approximate surface area is 304 Å². The van der Waals surface area contributed by atoms with Gasteiger partial charge in [-0.2, -0.15) is 0 Å². The van der Waals surface area contributed by atoms with E-state index in [0.29, 0.717) is 18.8 Å². The molecule has 0 saturated heterocycles. The predicted molar refractivity (Wildman–Crippen MR) is 196 cm³/mol. The molecule has 0 aromatic rings. The van der Waals surface area contributed by atoms with Gasteiger partial charge in [0, 0.05) is 29.0 Å². The van der Waals surface area contributed by atoms with Gasteiger partial charge in [0.15, 0.2) is 12.1 Å². The largest absolute Gasteiger partial charge is 0.489 e. The zero-order valence-corrected chi connectivity index (χ0v) is 32.0. The minimum Gasteiger partial charge on any atom is -0.489 e. The van der Waals surface area contributed by atoms with Crippen LogP contribution >= 0.6 is 23.4 Å². The molecule has 0 aromatic carbocycles. The molecule has 3 fully saturated rings. The number of rotatable bonds is 14. The zero-order chi connectivity index (χ0) is 35.4. The molecule has 3 saturated carbocycles. The van der Waals surface area contributed by atoms with Crippen LogP contribution in [0.3, 0.4) is 0 Å². The molecule has 0 radical (unpaired) electrons. The number of ketones is 1. The number of hydrogen-bond acceptors (Lipinski definition) is 9. The Morgan fingerprint density at radius 2 is 1.51 bits per heavy atom. The highest BCUT2D eigenvalue weighted by Gasteiger charge is 2.45. The number of ether oxygens (including phenoxy) is 3. The first-order chi connectivity index (χ1) is 23.4. The van der Waals surface area contributed by atoms with Gasteiger partial charge in [-0.3, -0.25) is 4.79 Å². The van der Waals surface area contributed by atoms with Crippen LogP contribution in [0.1, 0.15) is 112 Å². The molecule has 280 valence electrons. The molecule has 0 bridgehead atoms. The zero-order valence-electron chi connectivity index (χ0n) is 30.4. The van der Waals surface area contributed by atoms with E-state index in [-0.39, 0.29) is 88.4 Å². The first-order valence-corrected chi connectivity index (χ1v) is 20.7. The summed E-state index contributed by atoms with van der Waals surface area (Å²) in [5, 5.41) is 31.7. The lowest BCUT2D eigenvalue weighted by atomic mass is 9.77. The fourth-order valence-corrected chi connectivity index (χ4v) is 10.9. The molecule has 1 aliphatic heterocycles. The van der Waals surface area contributed by atoms with Gasteiger partial charge in [-0.05, 0) is 121 Å². The number of fused-ring (bicyclic) bond motifs is 1. The molecule has 0 spiro atoms. The Kier molecular flexibility index (Phi) is 14.5. The standard InChI is InChI=1S/C39H64ClNO7S/c1-6-29(42)24-8-10-26(11-9-24)31(44)20-46-33-17-16-32(48-39(45)27-14-12-25(13-15-27)30(43)7-2)37(41)38(33)49-23(5)34-19-28-22(4)36(40)21(3)18-35(28)47-34/h18-19,22-30,32-33,35-39,42-43,45H,6-17,20,41H2,1-5H3/t22?,23?,24?,25?,26?,27?,28?,29?,30?,32-,33?,35?,36?,37?,38?,39?/m1/s1. The second-order valence-electron chi connectivity index (χ2n) is 15.9. The summed E-state index contributed by atoms with van der Waals surface area (Å²) in [6.45, 7) is 10.5. The summed E-state index contributed by atoms with van der Waals surface area (Å²) in [5.74, 6) is 2.16. The molecule has 0 aromatic heterocycles. The molecule has 49 heavy (non-hydrogen) atoms. The second kappa shape index (κ2) is 17.9. The van der Waals surface area contributed by atoms with Crippen LogP contribution in [0.2, 0.25) is 0 Å². The Morgan fingerprint density at radius 1 is 0.939 bits per heavy atom. The van der Waals surface area contributed by atoms with Crippen molar-refractivity contribution < 1.29 is 34.3 Å². The van der Waals surface area contributed by atoms with Crippen molar-refractivity contribution in [3.05, 3.63) is 23.5 Å². The van der Waals surface area contributed by atoms with Crippen LogP contribution in [0.25, 0.3) is 0 Å². The number of halogens is 1. The van der Waals surface area contributed by atoms with E-state index in [2.05, 4.69) is 32.9 Å². The Bertz CT molecular complexity index is 1140. The Morgan fingerprint density at radius 3 is 2.12 bits per heavy atom. The lowest BCUT2D eigenvalue weighted by molar-refractivity contribution is -0.188. The van der Waals surface area contributed by atoms with Crippen molar-refractivity contribution in [1.29, 1.82) is 0 Å². The fourth-order valence-electron chi connectivity index (χ4n) is 9.22. The highest BCUT2D eigenvalue weighted by molar-refractivity contribution is 8.00. The van der Waals surface area contributed by atoms with Gasteiger partial charge in [0.1, 0.15) is 18.5 Å². The highest BCUT2D eigenvalue weighted by Crippen LogP contribution is 2.45. The first kappa shape index (κ1) is 39.6. The molecule has 5 rings (SSSR count). The molecule has 11 unspecified atom stereocenters. The minimum absolute atomic E-state index is 0.00217. The summed E-state index contributed by atoms with van der Waals surface area (Å²) in [5.41, 5.74) is 8.19. The maximum absolute atomic E-state index is 13.4. The van der Waals surface area contributed by atoms with E-state index >= 15 is 0 Å². The van der Waals surface area contributed by atoms with Crippen molar-refractivity contribution >= 4 is 29.1 Å². The first-order valence-electron chi connectivity index (χ1n) is 19.4. The van der Waals surface area contributed by atoms with E-state index in [9.17, 15) is 20.1 Å². The number of carbonyl (C=O) groups excluding carboxylic acids is 1. The van der Waals surface area contributed by atoms with Crippen LogP contribution in [0.15, 0.2) is 23.5 Å². The van der Waals surface area contributed by atoms with E-state index < -0.39 is 12.3 Å². The van der Waals surface area contributed by atoms with Gasteiger partial charge in [0.05, 0.1) is 35.0 Å². The van der Waals surface area contributed by atoms with Crippen LogP contribution in [-0.4, -0.2) is 86.4 Å². The van der Waals surface area contributed by atoms with Crippen LogP contribution in [-0.2, 0) is 19.0 Å². The molecule has 10 heteroatoms. The molecule has 5 aliphatic rings. The molecular formula is C39H64ClNO7S. The number of thioether (sulfide) groups is 1. The summed E-state index contributed by atoms with van der Waals surface area (Å²) >= 11 is 8.44. The van der Waals surface area contributed by atoms with Crippen LogP contribution in [0.5, 0.6) is 0 Å². The summed E-state index contributed by atoms with van der Waals surface area (Å²) in [6, 6.07) is -0.405. The van der Waals surface area contributed by atoms with Gasteiger partial charge in [0.25, 0.3) is 0 Å². The van der Waals surface area contributed by atoms with E-state index in [1.165, 1.54) is 0 Å². The minimum atomic E-state index is -0.900. The monoisotopic (exact) mass is 725 g/mol. The van der Waals surface area contributed by atoms with Crippen molar-refractivity contribution in [2.45, 2.75) is 170 Å². The lowest BCUT2D eigenvalue weighted by Crippen LogP contribution is -2.56. The SMILES string of the molecule is CCC(O)C1CCC(C(=O)COC2CC[C@@H](OC(O)C3CCC(C(O)CC)CC3)C(N)C2SC(C)C2=CC3C(C=C(C)C(Cl)C3C)O2)CC1. The number of allylic oxidation sites excluding steroid dienone is 1. The van der Waals surface area contributed by atoms with Crippen molar-refractivity contribution in [1.82, 2.24) is 0 Å². The molecular weight excluding hydrogens is 662 g/mol. The molecule has 4 aliphatic carbocycles. The van der Waals surface area contributed by atoms with Gasteiger partial charge in [-0.1, -0.05) is 26.3 Å². The summed E-state index contributed by atoms with van der Waals surface area (Å²) in [4.78, 5) is 13.4. The van der Waals surface area contributed by atoms with E-state index in [0.717, 1.165) is 75.5 Å². The van der Waals surface area contributed by atoms with Gasteiger partial charge in [-0.25, -0.2) is 0 Å². The van der Waals surface area contributed by atoms with E-state index in [4.69, 9.17) is 31.5 Å². The summed E-state index contributed by atoms with van der Waals surface area (Å²) in [7, 11) is 0. The third-order valence-corrected chi connectivity index (χ3v) is 15.1. The average molecular weight is 726 g/mol. The number of carbonyl (C=O) groups is 1. The Balaban J connectivity index is 1.22. The third-order valence-electron chi connectivity index (χ3n) is 12.7. The van der Waals surface area contributed by atoms with Crippen LogP contribution < -0.4 is 5.73 Å². The molecule has 5 N–H and O–H groups in total. The number of aliphatic hydroxyl groups excluding tert-OH is 3. The molecule has 1 heterocycles. The smallest absolute Gasteiger partial charge is 0.161 e. The quantitative estimate of drug-likeness (QED) is 0.0899. The van der Waals surface area contributed by atoms with Gasteiger partial charge < -0.3 is 35.3 Å². The van der Waals surface area contributed by atoms with E-state index in [1.54, 1.807) is 11.8 Å². The predicted octanol–water partition coefficient (Wildman–Crippen LogP) is 6.51. The van der Waals surface area contributed by atoms with Crippen LogP contribution in [0, 0.1) is 35.5 Å². The fraction of sp³-hybridized carbons (Fsp3) is 0.872. The molecule has 8 nitrogen and oxygen atoms in total. The van der Waals surface area contributed by atoms with Crippen molar-refractivity contribution in [3.8, 4) is 0 Å². The number of aliphatic hydroxyl groups is 3. The van der Waals surface area contributed by atoms with Gasteiger partial charge in [0.2, 0.25) is 0 Å². The third kappa shape index (κ3) is 9.48. The second-order valence-corrected chi connectivity index (χ2v) is 17.9. The summed E-state index contributed by atoms with van der Waals surface area (Å²) < 4.78 is 19.3. The number of nitrogens with two attached hydrogens (primary N) is 1. The maximum atomic E-state index is 13.4. The van der Waals surface area contributed by atoms with Crippen molar-refractivity contribution in [2.75, 3.05) is 6.61 Å². The summed E-state index contributed by atoms with van der Waals surface area (Å²) in [6.07, 6.45) is 12.0. The Hall–Kier alpha value is -0.650. The average Bonchev–Trinajstić information content (AvgIpc) is 3.55. The molecule has 0 amide bonds. The van der Waals surface area contributed by atoms with E-state index in [1.807, 2.05) is 13.8 Å². The number of alkyl halides is 1.